The molecule has 3 unspecified atom stereocenters. The maximum Gasteiger partial charge on any atom is 0.257 e. The van der Waals surface area contributed by atoms with Gasteiger partial charge in [0.25, 0.3) is 5.91 Å². The fourth-order valence-electron chi connectivity index (χ4n) is 3.15. The predicted octanol–water partition coefficient (Wildman–Crippen LogP) is 2.44. The van der Waals surface area contributed by atoms with Gasteiger partial charge in [-0.15, -0.1) is 0 Å². The van der Waals surface area contributed by atoms with Gasteiger partial charge < -0.3 is 15.3 Å². The lowest BCUT2D eigenvalue weighted by Crippen LogP contribution is -2.42. The van der Waals surface area contributed by atoms with Crippen molar-refractivity contribution in [3.8, 4) is 0 Å². The van der Waals surface area contributed by atoms with Crippen molar-refractivity contribution < 1.29 is 14.3 Å². The van der Waals surface area contributed by atoms with Gasteiger partial charge in [0, 0.05) is 23.8 Å². The smallest absolute Gasteiger partial charge is 0.257 e. The Balaban J connectivity index is 1.99. The number of amides is 1. The molecule has 1 fully saturated rings. The van der Waals surface area contributed by atoms with Gasteiger partial charge in [-0.1, -0.05) is 6.92 Å². The molecule has 20 heavy (non-hydrogen) atoms. The van der Waals surface area contributed by atoms with Crippen LogP contribution in [0.4, 0.5) is 15.8 Å². The van der Waals surface area contributed by atoms with Crippen LogP contribution in [0.2, 0.25) is 0 Å². The summed E-state index contributed by atoms with van der Waals surface area (Å²) >= 11 is 0. The Kier molecular flexibility index (Phi) is 3.17. The molecule has 0 spiro atoms. The summed E-state index contributed by atoms with van der Waals surface area (Å²) in [6.45, 7) is 5.09. The van der Waals surface area contributed by atoms with Crippen LogP contribution in [-0.2, 0) is 4.79 Å². The van der Waals surface area contributed by atoms with Gasteiger partial charge in [0.2, 0.25) is 0 Å². The Bertz CT molecular complexity index is 561. The standard InChI is InChI=1S/C15H19FN2O2/c1-8-4-3-5-18(9(8)2)13-7-12-10(6-11(13)16)14(19)15(20)17-12/h6-9,14,19H,3-5H2,1-2H3,(H,17,20). The van der Waals surface area contributed by atoms with E-state index in [-0.39, 0.29) is 11.9 Å². The predicted molar refractivity (Wildman–Crippen MR) is 75.2 cm³/mol. The van der Waals surface area contributed by atoms with Crippen LogP contribution >= 0.6 is 0 Å². The summed E-state index contributed by atoms with van der Waals surface area (Å²) < 4.78 is 14.3. The average Bonchev–Trinajstić information content (AvgIpc) is 2.68. The zero-order chi connectivity index (χ0) is 14.4. The molecule has 0 aromatic heterocycles. The molecule has 0 radical (unpaired) electrons. The number of carbonyl (C=O) groups is 1. The van der Waals surface area contributed by atoms with Gasteiger partial charge in [0.15, 0.2) is 6.10 Å². The van der Waals surface area contributed by atoms with Gasteiger partial charge in [-0.25, -0.2) is 4.39 Å². The number of benzene rings is 1. The first-order valence-corrected chi connectivity index (χ1v) is 7.08. The lowest BCUT2D eigenvalue weighted by molar-refractivity contribution is -0.123. The zero-order valence-corrected chi connectivity index (χ0v) is 11.7. The summed E-state index contributed by atoms with van der Waals surface area (Å²) in [6, 6.07) is 3.19. The van der Waals surface area contributed by atoms with Gasteiger partial charge in [-0.3, -0.25) is 4.79 Å². The highest BCUT2D eigenvalue weighted by molar-refractivity contribution is 6.02. The van der Waals surface area contributed by atoms with Crippen molar-refractivity contribution in [3.63, 3.8) is 0 Å². The second kappa shape index (κ2) is 4.74. The largest absolute Gasteiger partial charge is 0.378 e. The van der Waals surface area contributed by atoms with Crippen molar-refractivity contribution in [1.82, 2.24) is 0 Å². The van der Waals surface area contributed by atoms with Gasteiger partial charge >= 0.3 is 0 Å². The van der Waals surface area contributed by atoms with E-state index in [0.29, 0.717) is 22.9 Å². The van der Waals surface area contributed by atoms with E-state index in [2.05, 4.69) is 24.1 Å². The molecule has 2 N–H and O–H groups in total. The van der Waals surface area contributed by atoms with Crippen LogP contribution in [0.25, 0.3) is 0 Å². The first-order chi connectivity index (χ1) is 9.49. The van der Waals surface area contributed by atoms with E-state index in [4.69, 9.17) is 0 Å². The molecule has 4 nitrogen and oxygen atoms in total. The molecule has 3 atom stereocenters. The molecular weight excluding hydrogens is 259 g/mol. The van der Waals surface area contributed by atoms with E-state index >= 15 is 0 Å². The molecule has 2 aliphatic rings. The van der Waals surface area contributed by atoms with E-state index < -0.39 is 12.0 Å². The van der Waals surface area contributed by atoms with E-state index in [0.717, 1.165) is 19.4 Å². The molecule has 1 amide bonds. The topological polar surface area (TPSA) is 52.6 Å². The third kappa shape index (κ3) is 1.97. The van der Waals surface area contributed by atoms with E-state index in [1.54, 1.807) is 6.07 Å². The maximum atomic E-state index is 14.3. The number of hydrogen-bond donors (Lipinski definition) is 2. The number of piperidine rings is 1. The van der Waals surface area contributed by atoms with Gasteiger partial charge in [0.1, 0.15) is 5.82 Å². The zero-order valence-electron chi connectivity index (χ0n) is 11.7. The summed E-state index contributed by atoms with van der Waals surface area (Å²) in [5.74, 6) is -0.353. The Morgan fingerprint density at radius 3 is 2.90 bits per heavy atom. The number of halogens is 1. The molecule has 108 valence electrons. The van der Waals surface area contributed by atoms with Crippen molar-refractivity contribution in [2.45, 2.75) is 38.8 Å². The Morgan fingerprint density at radius 1 is 1.40 bits per heavy atom. The first kappa shape index (κ1) is 13.4. The number of fused-ring (bicyclic) bond motifs is 1. The van der Waals surface area contributed by atoms with Crippen molar-refractivity contribution >= 4 is 17.3 Å². The van der Waals surface area contributed by atoms with E-state index in [1.807, 2.05) is 0 Å². The fourth-order valence-corrected chi connectivity index (χ4v) is 3.15. The Hall–Kier alpha value is -1.62. The SMILES string of the molecule is CC1CCCN(c2cc3c(cc2F)C(O)C(=O)N3)C1C. The molecule has 1 aromatic carbocycles. The molecule has 5 heteroatoms. The molecule has 0 aliphatic carbocycles. The van der Waals surface area contributed by atoms with Crippen LogP contribution in [-0.4, -0.2) is 23.6 Å². The number of rotatable bonds is 1. The summed E-state index contributed by atoms with van der Waals surface area (Å²) in [7, 11) is 0. The highest BCUT2D eigenvalue weighted by Crippen LogP contribution is 2.38. The second-order valence-electron chi connectivity index (χ2n) is 5.84. The maximum absolute atomic E-state index is 14.3. The van der Waals surface area contributed by atoms with Crippen LogP contribution < -0.4 is 10.2 Å². The molecule has 0 saturated carbocycles. The first-order valence-electron chi connectivity index (χ1n) is 7.08. The minimum atomic E-state index is -1.26. The molecule has 2 aliphatic heterocycles. The number of hydrogen-bond acceptors (Lipinski definition) is 3. The summed E-state index contributed by atoms with van der Waals surface area (Å²) in [5, 5.41) is 12.3. The third-order valence-electron chi connectivity index (χ3n) is 4.60. The van der Waals surface area contributed by atoms with Crippen molar-refractivity contribution in [1.29, 1.82) is 0 Å². The molecule has 0 bridgehead atoms. The van der Waals surface area contributed by atoms with Crippen LogP contribution in [0.5, 0.6) is 0 Å². The monoisotopic (exact) mass is 278 g/mol. The summed E-state index contributed by atoms with van der Waals surface area (Å²) in [4.78, 5) is 13.5. The van der Waals surface area contributed by atoms with Crippen molar-refractivity contribution in [2.24, 2.45) is 5.92 Å². The molecule has 3 rings (SSSR count). The van der Waals surface area contributed by atoms with Crippen molar-refractivity contribution in [3.05, 3.63) is 23.5 Å². The van der Waals surface area contributed by atoms with Gasteiger partial charge in [-0.05, 0) is 37.8 Å². The van der Waals surface area contributed by atoms with Crippen LogP contribution in [0.3, 0.4) is 0 Å². The number of anilines is 2. The Labute approximate surface area is 117 Å². The molecular formula is C15H19FN2O2. The minimum absolute atomic E-state index is 0.262. The summed E-state index contributed by atoms with van der Waals surface area (Å²) in [6.07, 6.45) is 0.933. The van der Waals surface area contributed by atoms with E-state index in [9.17, 15) is 14.3 Å². The van der Waals surface area contributed by atoms with Gasteiger partial charge in [0.05, 0.1) is 5.69 Å². The van der Waals surface area contributed by atoms with Crippen LogP contribution in [0.1, 0.15) is 38.4 Å². The normalized spacial score (nSPS) is 29.3. The van der Waals surface area contributed by atoms with Crippen LogP contribution in [0.15, 0.2) is 12.1 Å². The number of aliphatic hydroxyl groups excluding tert-OH is 1. The molecule has 1 aromatic rings. The fraction of sp³-hybridized carbons (Fsp3) is 0.533. The van der Waals surface area contributed by atoms with Crippen molar-refractivity contribution in [2.75, 3.05) is 16.8 Å². The number of nitrogens with zero attached hydrogens (tertiary/aromatic N) is 1. The lowest BCUT2D eigenvalue weighted by Gasteiger charge is -2.40. The van der Waals surface area contributed by atoms with Gasteiger partial charge in [-0.2, -0.15) is 0 Å². The molecule has 2 heterocycles. The summed E-state index contributed by atoms with van der Waals surface area (Å²) in [5.41, 5.74) is 1.36. The molecule has 1 saturated heterocycles. The van der Waals surface area contributed by atoms with Crippen LogP contribution in [0, 0.1) is 11.7 Å². The van der Waals surface area contributed by atoms with E-state index in [1.165, 1.54) is 6.07 Å². The average molecular weight is 278 g/mol. The highest BCUT2D eigenvalue weighted by Gasteiger charge is 2.32. The third-order valence-corrected chi connectivity index (χ3v) is 4.60. The number of aliphatic hydroxyl groups is 1. The minimum Gasteiger partial charge on any atom is -0.378 e. The second-order valence-corrected chi connectivity index (χ2v) is 5.84. The highest BCUT2D eigenvalue weighted by atomic mass is 19.1. The number of carbonyl (C=O) groups excluding carboxylic acids is 1. The lowest BCUT2D eigenvalue weighted by atomic mass is 9.91. The quantitative estimate of drug-likeness (QED) is 0.829. The number of nitrogens with one attached hydrogen (secondary N) is 1. The Morgan fingerprint density at radius 2 is 2.15 bits per heavy atom.